The number of morpholine rings is 1. The van der Waals surface area contributed by atoms with Crippen molar-refractivity contribution in [2.24, 2.45) is 0 Å². The number of carbonyl (C=O) groups is 1. The normalized spacial score (nSPS) is 18.3. The van der Waals surface area contributed by atoms with Crippen molar-refractivity contribution in [3.63, 3.8) is 0 Å². The largest absolute Gasteiger partial charge is 0.454 e. The van der Waals surface area contributed by atoms with Crippen LogP contribution in [0.15, 0.2) is 42.7 Å². The summed E-state index contributed by atoms with van der Waals surface area (Å²) in [7, 11) is 0. The number of rotatable bonds is 6. The Morgan fingerprint density at radius 1 is 1.11 bits per heavy atom. The van der Waals surface area contributed by atoms with Gasteiger partial charge in [-0.1, -0.05) is 6.07 Å². The smallest absolute Gasteiger partial charge is 0.231 e. The van der Waals surface area contributed by atoms with Gasteiger partial charge in [-0.25, -0.2) is 0 Å². The molecule has 0 saturated carbocycles. The average Bonchev–Trinajstić information content (AvgIpc) is 3.17. The lowest BCUT2D eigenvalue weighted by atomic mass is 10.1. The summed E-state index contributed by atoms with van der Waals surface area (Å²) in [6.45, 7) is 3.45. The van der Waals surface area contributed by atoms with Crippen LogP contribution in [0.4, 0.5) is 0 Å². The summed E-state index contributed by atoms with van der Waals surface area (Å²) < 4.78 is 16.5. The van der Waals surface area contributed by atoms with Crippen molar-refractivity contribution in [1.29, 1.82) is 0 Å². The van der Waals surface area contributed by atoms with Crippen molar-refractivity contribution >= 4 is 5.91 Å². The summed E-state index contributed by atoms with van der Waals surface area (Å²) in [6, 6.07) is 9.66. The molecule has 0 spiro atoms. The van der Waals surface area contributed by atoms with Gasteiger partial charge in [-0.15, -0.1) is 0 Å². The highest BCUT2D eigenvalue weighted by Crippen LogP contribution is 2.33. The fourth-order valence-corrected chi connectivity index (χ4v) is 3.28. The number of pyridine rings is 1. The number of ether oxygens (including phenoxy) is 3. The fraction of sp³-hybridized carbons (Fsp3) is 0.400. The fourth-order valence-electron chi connectivity index (χ4n) is 3.28. The molecule has 1 fully saturated rings. The van der Waals surface area contributed by atoms with E-state index < -0.39 is 0 Å². The highest BCUT2D eigenvalue weighted by molar-refractivity contribution is 5.76. The highest BCUT2D eigenvalue weighted by Gasteiger charge is 2.23. The number of carbonyl (C=O) groups excluding carboxylic acids is 1. The van der Waals surface area contributed by atoms with Crippen LogP contribution < -0.4 is 14.8 Å². The number of hydrogen-bond donors (Lipinski definition) is 1. The van der Waals surface area contributed by atoms with E-state index in [1.165, 1.54) is 0 Å². The number of nitrogens with zero attached hydrogens (tertiary/aromatic N) is 2. The van der Waals surface area contributed by atoms with Crippen LogP contribution in [0.3, 0.4) is 0 Å². The number of benzene rings is 1. The second-order valence-corrected chi connectivity index (χ2v) is 6.69. The van der Waals surface area contributed by atoms with Crippen LogP contribution in [0.2, 0.25) is 0 Å². The first kappa shape index (κ1) is 17.8. The first-order valence-electron chi connectivity index (χ1n) is 9.15. The Kier molecular flexibility index (Phi) is 5.50. The monoisotopic (exact) mass is 369 g/mol. The van der Waals surface area contributed by atoms with E-state index in [0.717, 1.165) is 29.2 Å². The first-order chi connectivity index (χ1) is 13.3. The number of aromatic nitrogens is 1. The summed E-state index contributed by atoms with van der Waals surface area (Å²) in [5, 5.41) is 3.27. The molecule has 1 amide bonds. The van der Waals surface area contributed by atoms with Gasteiger partial charge in [0.1, 0.15) is 0 Å². The lowest BCUT2D eigenvalue weighted by molar-refractivity contribution is -0.136. The molecule has 2 aliphatic heterocycles. The van der Waals surface area contributed by atoms with Gasteiger partial charge in [0.25, 0.3) is 0 Å². The number of hydrogen-bond acceptors (Lipinski definition) is 6. The van der Waals surface area contributed by atoms with Crippen molar-refractivity contribution < 1.29 is 19.0 Å². The molecule has 142 valence electrons. The topological polar surface area (TPSA) is 72.9 Å². The van der Waals surface area contributed by atoms with Gasteiger partial charge in [-0.2, -0.15) is 0 Å². The summed E-state index contributed by atoms with van der Waals surface area (Å²) in [5.41, 5.74) is 2.05. The average molecular weight is 369 g/mol. The van der Waals surface area contributed by atoms with E-state index in [-0.39, 0.29) is 18.8 Å². The Morgan fingerprint density at radius 2 is 1.93 bits per heavy atom. The van der Waals surface area contributed by atoms with E-state index in [0.29, 0.717) is 32.7 Å². The quantitative estimate of drug-likeness (QED) is 0.836. The molecule has 4 rings (SSSR count). The molecule has 0 radical (unpaired) electrons. The molecule has 1 atom stereocenters. The number of fused-ring (bicyclic) bond motifs is 1. The van der Waals surface area contributed by atoms with Crippen LogP contribution in [0.25, 0.3) is 0 Å². The Morgan fingerprint density at radius 3 is 2.74 bits per heavy atom. The molecular weight excluding hydrogens is 346 g/mol. The minimum atomic E-state index is -0.0806. The van der Waals surface area contributed by atoms with E-state index in [1.54, 1.807) is 12.4 Å². The van der Waals surface area contributed by atoms with Gasteiger partial charge in [-0.3, -0.25) is 9.78 Å². The minimum absolute atomic E-state index is 0.0678. The molecule has 3 heterocycles. The molecule has 1 N–H and O–H groups in total. The minimum Gasteiger partial charge on any atom is -0.454 e. The van der Waals surface area contributed by atoms with Gasteiger partial charge in [0.15, 0.2) is 11.5 Å². The van der Waals surface area contributed by atoms with Crippen molar-refractivity contribution in [2.75, 3.05) is 26.5 Å². The Bertz CT molecular complexity index is 778. The van der Waals surface area contributed by atoms with E-state index in [9.17, 15) is 4.79 Å². The molecule has 7 heteroatoms. The van der Waals surface area contributed by atoms with Gasteiger partial charge in [-0.05, 0) is 35.4 Å². The first-order valence-corrected chi connectivity index (χ1v) is 9.15. The van der Waals surface area contributed by atoms with Crippen molar-refractivity contribution in [3.05, 3.63) is 53.9 Å². The summed E-state index contributed by atoms with van der Waals surface area (Å²) in [6.07, 6.45) is 3.77. The predicted octanol–water partition coefficient (Wildman–Crippen LogP) is 1.72. The molecule has 0 aliphatic carbocycles. The molecular formula is C20H23N3O4. The molecule has 2 aromatic rings. The zero-order chi connectivity index (χ0) is 18.5. The molecule has 0 bridgehead atoms. The lowest BCUT2D eigenvalue weighted by Crippen LogP contribution is -2.42. The second-order valence-electron chi connectivity index (χ2n) is 6.69. The molecule has 0 unspecified atom stereocenters. The van der Waals surface area contributed by atoms with Gasteiger partial charge in [0, 0.05) is 38.6 Å². The van der Waals surface area contributed by atoms with Crippen LogP contribution in [0.5, 0.6) is 11.5 Å². The SMILES string of the molecule is O=C(C[C@H]1CNCCO1)N(Cc1ccncc1)Cc1ccc2c(c1)OCO2. The Balaban J connectivity index is 1.49. The van der Waals surface area contributed by atoms with Crippen molar-refractivity contribution in [1.82, 2.24) is 15.2 Å². The summed E-state index contributed by atoms with van der Waals surface area (Å²) in [5.74, 6) is 1.54. The van der Waals surface area contributed by atoms with Crippen LogP contribution in [-0.2, 0) is 22.6 Å². The van der Waals surface area contributed by atoms with E-state index in [1.807, 2.05) is 35.2 Å². The molecule has 7 nitrogen and oxygen atoms in total. The number of amides is 1. The van der Waals surface area contributed by atoms with Gasteiger partial charge < -0.3 is 24.4 Å². The predicted molar refractivity (Wildman–Crippen MR) is 98.3 cm³/mol. The Hall–Kier alpha value is -2.64. The van der Waals surface area contributed by atoms with Crippen LogP contribution in [0.1, 0.15) is 17.5 Å². The molecule has 1 aromatic carbocycles. The lowest BCUT2D eigenvalue weighted by Gasteiger charge is -2.28. The zero-order valence-electron chi connectivity index (χ0n) is 15.1. The van der Waals surface area contributed by atoms with Gasteiger partial charge in [0.05, 0.1) is 19.1 Å². The maximum absolute atomic E-state index is 13.0. The third-order valence-electron chi connectivity index (χ3n) is 4.69. The van der Waals surface area contributed by atoms with Gasteiger partial charge >= 0.3 is 0 Å². The van der Waals surface area contributed by atoms with E-state index in [4.69, 9.17) is 14.2 Å². The van der Waals surface area contributed by atoms with Gasteiger partial charge in [0.2, 0.25) is 12.7 Å². The van der Waals surface area contributed by atoms with Crippen LogP contribution >= 0.6 is 0 Å². The standard InChI is InChI=1S/C20H23N3O4/c24-20(10-17-11-22-7-8-25-17)23(12-15-3-5-21-6-4-15)13-16-1-2-18-19(9-16)27-14-26-18/h1-6,9,17,22H,7-8,10-14H2/t17-/m0/s1. The zero-order valence-corrected chi connectivity index (χ0v) is 15.1. The molecule has 2 aliphatic rings. The van der Waals surface area contributed by atoms with Crippen molar-refractivity contribution in [2.45, 2.75) is 25.6 Å². The molecule has 27 heavy (non-hydrogen) atoms. The second kappa shape index (κ2) is 8.37. The maximum Gasteiger partial charge on any atom is 0.231 e. The van der Waals surface area contributed by atoms with E-state index in [2.05, 4.69) is 10.3 Å². The molecule has 1 aromatic heterocycles. The summed E-state index contributed by atoms with van der Waals surface area (Å²) in [4.78, 5) is 18.9. The molecule has 1 saturated heterocycles. The van der Waals surface area contributed by atoms with Crippen LogP contribution in [0, 0.1) is 0 Å². The third-order valence-corrected chi connectivity index (χ3v) is 4.69. The maximum atomic E-state index is 13.0. The van der Waals surface area contributed by atoms with Crippen molar-refractivity contribution in [3.8, 4) is 11.5 Å². The number of nitrogens with one attached hydrogen (secondary N) is 1. The van der Waals surface area contributed by atoms with Crippen LogP contribution in [-0.4, -0.2) is 48.4 Å². The Labute approximate surface area is 158 Å². The highest BCUT2D eigenvalue weighted by atomic mass is 16.7. The third kappa shape index (κ3) is 4.56. The van der Waals surface area contributed by atoms with E-state index >= 15 is 0 Å². The summed E-state index contributed by atoms with van der Waals surface area (Å²) >= 11 is 0.